The van der Waals surface area contributed by atoms with E-state index in [1.165, 1.54) is 4.88 Å². The Bertz CT molecular complexity index is 1090. The number of thiophene rings is 1. The highest BCUT2D eigenvalue weighted by molar-refractivity contribution is 7.09. The summed E-state index contributed by atoms with van der Waals surface area (Å²) in [6.07, 6.45) is 1.76. The van der Waals surface area contributed by atoms with E-state index < -0.39 is 18.0 Å². The number of hydrogen-bond acceptors (Lipinski definition) is 6. The molecule has 1 atom stereocenters. The SMILES string of the molecule is COc1ccc2c(c1)c([C@H](C(=O)O)N1CCN(Cc3cccs3)CC1)cn2CCC(=O)O. The molecule has 2 N–H and O–H groups in total. The summed E-state index contributed by atoms with van der Waals surface area (Å²) in [4.78, 5) is 29.2. The first kappa shape index (κ1) is 22.3. The van der Waals surface area contributed by atoms with E-state index in [9.17, 15) is 14.7 Å². The molecule has 3 heterocycles. The average molecular weight is 458 g/mol. The molecule has 4 rings (SSSR count). The number of benzene rings is 1. The Morgan fingerprint density at radius 3 is 2.56 bits per heavy atom. The van der Waals surface area contributed by atoms with Crippen LogP contribution in [0.5, 0.6) is 5.75 Å². The molecule has 0 amide bonds. The number of methoxy groups -OCH3 is 1. The Kier molecular flexibility index (Phi) is 6.78. The third kappa shape index (κ3) is 4.79. The second kappa shape index (κ2) is 9.72. The van der Waals surface area contributed by atoms with Crippen molar-refractivity contribution in [2.24, 2.45) is 0 Å². The molecular formula is C23H27N3O5S. The van der Waals surface area contributed by atoms with E-state index in [2.05, 4.69) is 16.3 Å². The molecule has 0 unspecified atom stereocenters. The first-order valence-corrected chi connectivity index (χ1v) is 11.4. The Morgan fingerprint density at radius 1 is 1.16 bits per heavy atom. The van der Waals surface area contributed by atoms with E-state index >= 15 is 0 Å². The van der Waals surface area contributed by atoms with Gasteiger partial charge in [-0.2, -0.15) is 0 Å². The number of carbonyl (C=O) groups is 2. The van der Waals surface area contributed by atoms with Crippen LogP contribution in [-0.2, 0) is 22.7 Å². The summed E-state index contributed by atoms with van der Waals surface area (Å²) in [7, 11) is 1.57. The number of piperazine rings is 1. The average Bonchev–Trinajstić information content (AvgIpc) is 3.41. The Hall–Kier alpha value is -2.88. The molecule has 1 saturated heterocycles. The van der Waals surface area contributed by atoms with Crippen molar-refractivity contribution in [3.05, 3.63) is 52.3 Å². The number of aromatic nitrogens is 1. The monoisotopic (exact) mass is 457 g/mol. The molecule has 0 saturated carbocycles. The molecule has 170 valence electrons. The largest absolute Gasteiger partial charge is 0.497 e. The van der Waals surface area contributed by atoms with Crippen molar-refractivity contribution in [3.8, 4) is 5.75 Å². The van der Waals surface area contributed by atoms with Gasteiger partial charge < -0.3 is 19.5 Å². The minimum Gasteiger partial charge on any atom is -0.497 e. The van der Waals surface area contributed by atoms with Crippen LogP contribution in [0.2, 0.25) is 0 Å². The fraction of sp³-hybridized carbons (Fsp3) is 0.391. The maximum Gasteiger partial charge on any atom is 0.325 e. The van der Waals surface area contributed by atoms with Gasteiger partial charge in [-0.05, 0) is 29.6 Å². The standard InChI is InChI=1S/C23H27N3O5S/c1-31-16-4-5-20-18(13-16)19(15-26(20)7-6-21(27)28)22(23(29)30)25-10-8-24(9-11-25)14-17-3-2-12-32-17/h2-5,12-13,15,22H,6-11,14H2,1H3,(H,27,28)(H,29,30)/t22-/m1/s1. The van der Waals surface area contributed by atoms with Gasteiger partial charge in [0.25, 0.3) is 0 Å². The lowest BCUT2D eigenvalue weighted by molar-refractivity contribution is -0.144. The molecule has 32 heavy (non-hydrogen) atoms. The zero-order chi connectivity index (χ0) is 22.7. The van der Waals surface area contributed by atoms with Crippen molar-refractivity contribution in [3.63, 3.8) is 0 Å². The van der Waals surface area contributed by atoms with Crippen LogP contribution >= 0.6 is 11.3 Å². The highest BCUT2D eigenvalue weighted by atomic mass is 32.1. The highest BCUT2D eigenvalue weighted by Gasteiger charge is 2.33. The molecular weight excluding hydrogens is 430 g/mol. The van der Waals surface area contributed by atoms with Crippen LogP contribution in [0.15, 0.2) is 41.9 Å². The van der Waals surface area contributed by atoms with Gasteiger partial charge in [0.05, 0.1) is 13.5 Å². The maximum absolute atomic E-state index is 12.4. The molecule has 1 fully saturated rings. The third-order valence-electron chi connectivity index (χ3n) is 5.95. The van der Waals surface area contributed by atoms with Gasteiger partial charge in [-0.3, -0.25) is 19.4 Å². The number of carboxylic acid groups (broad SMARTS) is 2. The number of fused-ring (bicyclic) bond motifs is 1. The van der Waals surface area contributed by atoms with Crippen LogP contribution in [0.4, 0.5) is 0 Å². The first-order chi connectivity index (χ1) is 15.5. The number of carboxylic acids is 2. The van der Waals surface area contributed by atoms with Gasteiger partial charge in [0.15, 0.2) is 0 Å². The van der Waals surface area contributed by atoms with Crippen molar-refractivity contribution < 1.29 is 24.5 Å². The minimum atomic E-state index is -0.906. The molecule has 0 spiro atoms. The fourth-order valence-electron chi connectivity index (χ4n) is 4.34. The second-order valence-corrected chi connectivity index (χ2v) is 8.97. The molecule has 3 aromatic rings. The second-order valence-electron chi connectivity index (χ2n) is 7.94. The molecule has 1 aromatic carbocycles. The number of rotatable bonds is 9. The highest BCUT2D eigenvalue weighted by Crippen LogP contribution is 2.34. The lowest BCUT2D eigenvalue weighted by Crippen LogP contribution is -2.48. The number of nitrogens with zero attached hydrogens (tertiary/aromatic N) is 3. The smallest absolute Gasteiger partial charge is 0.325 e. The topological polar surface area (TPSA) is 95.2 Å². The van der Waals surface area contributed by atoms with Crippen LogP contribution in [0.25, 0.3) is 10.9 Å². The summed E-state index contributed by atoms with van der Waals surface area (Å²) in [5.74, 6) is -1.16. The number of aliphatic carboxylic acids is 2. The molecule has 0 radical (unpaired) electrons. The first-order valence-electron chi connectivity index (χ1n) is 10.6. The maximum atomic E-state index is 12.4. The van der Waals surface area contributed by atoms with Gasteiger partial charge in [-0.25, -0.2) is 0 Å². The van der Waals surface area contributed by atoms with Crippen molar-refractivity contribution in [2.45, 2.75) is 25.6 Å². The van der Waals surface area contributed by atoms with E-state index in [4.69, 9.17) is 9.84 Å². The summed E-state index contributed by atoms with van der Waals surface area (Å²) < 4.78 is 7.20. The van der Waals surface area contributed by atoms with Gasteiger partial charge in [0, 0.05) is 66.8 Å². The molecule has 9 heteroatoms. The summed E-state index contributed by atoms with van der Waals surface area (Å²) in [5.41, 5.74) is 1.48. The third-order valence-corrected chi connectivity index (χ3v) is 6.81. The number of aryl methyl sites for hydroxylation is 1. The van der Waals surface area contributed by atoms with Gasteiger partial charge in [-0.1, -0.05) is 6.07 Å². The lowest BCUT2D eigenvalue weighted by Gasteiger charge is -2.37. The zero-order valence-corrected chi connectivity index (χ0v) is 18.8. The lowest BCUT2D eigenvalue weighted by atomic mass is 10.0. The quantitative estimate of drug-likeness (QED) is 0.510. The van der Waals surface area contributed by atoms with Crippen molar-refractivity contribution >= 4 is 34.2 Å². The summed E-state index contributed by atoms with van der Waals surface area (Å²) in [6.45, 7) is 4.04. The fourth-order valence-corrected chi connectivity index (χ4v) is 5.08. The summed E-state index contributed by atoms with van der Waals surface area (Å²) in [5, 5.41) is 22.1. The van der Waals surface area contributed by atoms with Gasteiger partial charge >= 0.3 is 11.9 Å². The predicted octanol–water partition coefficient (Wildman–Crippen LogP) is 3.13. The van der Waals surface area contributed by atoms with Crippen LogP contribution in [0.1, 0.15) is 22.9 Å². The zero-order valence-electron chi connectivity index (χ0n) is 17.9. The minimum absolute atomic E-state index is 0.0334. The van der Waals surface area contributed by atoms with Crippen molar-refractivity contribution in [1.82, 2.24) is 14.4 Å². The molecule has 2 aromatic heterocycles. The van der Waals surface area contributed by atoms with Crippen LogP contribution in [-0.4, -0.2) is 69.8 Å². The van der Waals surface area contributed by atoms with Gasteiger partial charge in [0.2, 0.25) is 0 Å². The molecule has 1 aliphatic heterocycles. The number of hydrogen-bond donors (Lipinski definition) is 2. The normalized spacial score (nSPS) is 16.3. The van der Waals surface area contributed by atoms with E-state index in [0.717, 1.165) is 30.5 Å². The van der Waals surface area contributed by atoms with E-state index in [0.29, 0.717) is 24.4 Å². The summed E-state index contributed by atoms with van der Waals surface area (Å²) >= 11 is 1.73. The molecule has 1 aliphatic rings. The number of ether oxygens (including phenoxy) is 1. The van der Waals surface area contributed by atoms with Crippen molar-refractivity contribution in [1.29, 1.82) is 0 Å². The van der Waals surface area contributed by atoms with Crippen LogP contribution in [0, 0.1) is 0 Å². The molecule has 0 bridgehead atoms. The van der Waals surface area contributed by atoms with Gasteiger partial charge in [0.1, 0.15) is 11.8 Å². The van der Waals surface area contributed by atoms with Crippen molar-refractivity contribution in [2.75, 3.05) is 33.3 Å². The van der Waals surface area contributed by atoms with Crippen LogP contribution < -0.4 is 4.74 Å². The Labute approximate surface area is 190 Å². The van der Waals surface area contributed by atoms with Gasteiger partial charge in [-0.15, -0.1) is 11.3 Å². The molecule has 0 aliphatic carbocycles. The van der Waals surface area contributed by atoms with E-state index in [1.807, 2.05) is 33.7 Å². The van der Waals surface area contributed by atoms with E-state index in [1.54, 1.807) is 24.6 Å². The predicted molar refractivity (Wildman–Crippen MR) is 122 cm³/mol. The Balaban J connectivity index is 1.60. The van der Waals surface area contributed by atoms with E-state index in [-0.39, 0.29) is 13.0 Å². The Morgan fingerprint density at radius 2 is 1.94 bits per heavy atom. The molecule has 8 nitrogen and oxygen atoms in total. The summed E-state index contributed by atoms with van der Waals surface area (Å²) in [6, 6.07) is 8.87. The van der Waals surface area contributed by atoms with Crippen LogP contribution in [0.3, 0.4) is 0 Å².